The number of carbonyl (C=O) groups is 1. The summed E-state index contributed by atoms with van der Waals surface area (Å²) in [5.74, 6) is 1.44. The number of hydrogen-bond acceptors (Lipinski definition) is 4. The SMILES string of the molecule is COc1cc(OC)c(NC(=O)C(C)CSc2ccccc2)cc1Cl. The molecule has 0 fully saturated rings. The number of anilines is 1. The Balaban J connectivity index is 2.02. The van der Waals surface area contributed by atoms with E-state index in [0.29, 0.717) is 28.0 Å². The molecule has 2 aromatic rings. The summed E-state index contributed by atoms with van der Waals surface area (Å²) >= 11 is 7.78. The molecule has 1 unspecified atom stereocenters. The van der Waals surface area contributed by atoms with E-state index in [-0.39, 0.29) is 11.8 Å². The molecular weight excluding hydrogens is 346 g/mol. The van der Waals surface area contributed by atoms with Crippen molar-refractivity contribution in [2.45, 2.75) is 11.8 Å². The Hall–Kier alpha value is -1.85. The maximum Gasteiger partial charge on any atom is 0.228 e. The lowest BCUT2D eigenvalue weighted by atomic mass is 10.2. The first-order valence-electron chi connectivity index (χ1n) is 7.45. The Morgan fingerprint density at radius 3 is 2.46 bits per heavy atom. The third kappa shape index (κ3) is 4.82. The van der Waals surface area contributed by atoms with E-state index in [0.717, 1.165) is 4.90 Å². The molecule has 1 amide bonds. The second kappa shape index (κ2) is 8.85. The summed E-state index contributed by atoms with van der Waals surface area (Å²) in [5, 5.41) is 3.29. The zero-order valence-electron chi connectivity index (χ0n) is 13.8. The van der Waals surface area contributed by atoms with E-state index < -0.39 is 0 Å². The maximum atomic E-state index is 12.4. The van der Waals surface area contributed by atoms with Crippen molar-refractivity contribution >= 4 is 35.0 Å². The van der Waals surface area contributed by atoms with Crippen LogP contribution in [-0.4, -0.2) is 25.9 Å². The predicted molar refractivity (Wildman–Crippen MR) is 99.5 cm³/mol. The largest absolute Gasteiger partial charge is 0.495 e. The molecule has 2 rings (SSSR count). The molecule has 0 saturated carbocycles. The predicted octanol–water partition coefficient (Wildman–Crippen LogP) is 4.72. The molecule has 0 aliphatic rings. The molecule has 128 valence electrons. The third-order valence-electron chi connectivity index (χ3n) is 3.42. The summed E-state index contributed by atoms with van der Waals surface area (Å²) in [6.45, 7) is 1.89. The van der Waals surface area contributed by atoms with E-state index in [1.807, 2.05) is 37.3 Å². The summed E-state index contributed by atoms with van der Waals surface area (Å²) in [6, 6.07) is 13.3. The number of amides is 1. The van der Waals surface area contributed by atoms with Crippen LogP contribution in [0.1, 0.15) is 6.92 Å². The van der Waals surface area contributed by atoms with Gasteiger partial charge in [-0.3, -0.25) is 4.79 Å². The lowest BCUT2D eigenvalue weighted by Crippen LogP contribution is -2.22. The van der Waals surface area contributed by atoms with Gasteiger partial charge in [-0.1, -0.05) is 36.7 Å². The molecular formula is C18H20ClNO3S. The Morgan fingerprint density at radius 1 is 1.17 bits per heavy atom. The normalized spacial score (nSPS) is 11.7. The van der Waals surface area contributed by atoms with E-state index in [1.54, 1.807) is 23.9 Å². The molecule has 0 aromatic heterocycles. The van der Waals surface area contributed by atoms with Gasteiger partial charge >= 0.3 is 0 Å². The van der Waals surface area contributed by atoms with Crippen LogP contribution in [0.5, 0.6) is 11.5 Å². The van der Waals surface area contributed by atoms with Crippen molar-refractivity contribution in [3.63, 3.8) is 0 Å². The van der Waals surface area contributed by atoms with Gasteiger partial charge in [0, 0.05) is 22.6 Å². The Labute approximate surface area is 151 Å². The summed E-state index contributed by atoms with van der Waals surface area (Å²) in [5.41, 5.74) is 0.532. The van der Waals surface area contributed by atoms with Crippen LogP contribution in [-0.2, 0) is 4.79 Å². The van der Waals surface area contributed by atoms with Crippen LogP contribution in [0, 0.1) is 5.92 Å². The molecule has 0 bridgehead atoms. The average Bonchev–Trinajstić information content (AvgIpc) is 2.60. The highest BCUT2D eigenvalue weighted by Crippen LogP contribution is 2.36. The quantitative estimate of drug-likeness (QED) is 0.721. The molecule has 1 N–H and O–H groups in total. The molecule has 1 atom stereocenters. The summed E-state index contributed by atoms with van der Waals surface area (Å²) < 4.78 is 10.4. The topological polar surface area (TPSA) is 47.6 Å². The van der Waals surface area contributed by atoms with Crippen LogP contribution in [0.25, 0.3) is 0 Å². The van der Waals surface area contributed by atoms with Gasteiger partial charge in [0.1, 0.15) is 11.5 Å². The van der Waals surface area contributed by atoms with Gasteiger partial charge in [-0.05, 0) is 18.2 Å². The number of hydrogen-bond donors (Lipinski definition) is 1. The van der Waals surface area contributed by atoms with E-state index in [4.69, 9.17) is 21.1 Å². The minimum Gasteiger partial charge on any atom is -0.495 e. The Kier molecular flexibility index (Phi) is 6.82. The van der Waals surface area contributed by atoms with Gasteiger partial charge in [0.15, 0.2) is 0 Å². The van der Waals surface area contributed by atoms with Gasteiger partial charge in [0.25, 0.3) is 0 Å². The molecule has 2 aromatic carbocycles. The van der Waals surface area contributed by atoms with E-state index in [9.17, 15) is 4.79 Å². The molecule has 0 heterocycles. The number of halogens is 1. The van der Waals surface area contributed by atoms with Crippen molar-refractivity contribution < 1.29 is 14.3 Å². The standard InChI is InChI=1S/C18H20ClNO3S/c1-12(11-24-13-7-5-4-6-8-13)18(21)20-15-9-14(19)16(22-2)10-17(15)23-3/h4-10,12H,11H2,1-3H3,(H,20,21). The van der Waals surface area contributed by atoms with Gasteiger partial charge in [-0.15, -0.1) is 11.8 Å². The third-order valence-corrected chi connectivity index (χ3v) is 4.99. The molecule has 0 radical (unpaired) electrons. The summed E-state index contributed by atoms with van der Waals surface area (Å²) in [6.07, 6.45) is 0. The van der Waals surface area contributed by atoms with Crippen molar-refractivity contribution in [3.8, 4) is 11.5 Å². The van der Waals surface area contributed by atoms with Crippen LogP contribution < -0.4 is 14.8 Å². The number of methoxy groups -OCH3 is 2. The lowest BCUT2D eigenvalue weighted by molar-refractivity contribution is -0.118. The van der Waals surface area contributed by atoms with E-state index >= 15 is 0 Å². The zero-order valence-corrected chi connectivity index (χ0v) is 15.4. The number of nitrogens with one attached hydrogen (secondary N) is 1. The van der Waals surface area contributed by atoms with Gasteiger partial charge in [-0.2, -0.15) is 0 Å². The zero-order chi connectivity index (χ0) is 17.5. The van der Waals surface area contributed by atoms with Crippen LogP contribution in [0.2, 0.25) is 5.02 Å². The highest BCUT2D eigenvalue weighted by Gasteiger charge is 2.17. The maximum absolute atomic E-state index is 12.4. The second-order valence-corrected chi connectivity index (χ2v) is 6.70. The van der Waals surface area contributed by atoms with Crippen molar-refractivity contribution in [1.29, 1.82) is 0 Å². The lowest BCUT2D eigenvalue weighted by Gasteiger charge is -2.16. The first kappa shape index (κ1) is 18.5. The smallest absolute Gasteiger partial charge is 0.228 e. The van der Waals surface area contributed by atoms with Gasteiger partial charge < -0.3 is 14.8 Å². The minimum atomic E-state index is -0.166. The fraction of sp³-hybridized carbons (Fsp3) is 0.278. The fourth-order valence-corrected chi connectivity index (χ4v) is 3.21. The molecule has 0 saturated heterocycles. The molecule has 6 heteroatoms. The molecule has 0 aliphatic carbocycles. The van der Waals surface area contributed by atoms with Crippen molar-refractivity contribution in [2.75, 3.05) is 25.3 Å². The Bertz CT molecular complexity index is 694. The van der Waals surface area contributed by atoms with Gasteiger partial charge in [0.05, 0.1) is 24.9 Å². The first-order valence-corrected chi connectivity index (χ1v) is 8.81. The number of carbonyl (C=O) groups excluding carboxylic acids is 1. The van der Waals surface area contributed by atoms with Gasteiger partial charge in [-0.25, -0.2) is 0 Å². The van der Waals surface area contributed by atoms with Crippen LogP contribution in [0.15, 0.2) is 47.4 Å². The molecule has 0 aliphatic heterocycles. The Morgan fingerprint density at radius 2 is 1.83 bits per heavy atom. The van der Waals surface area contributed by atoms with E-state index in [2.05, 4.69) is 5.32 Å². The molecule has 4 nitrogen and oxygen atoms in total. The molecule has 24 heavy (non-hydrogen) atoms. The number of ether oxygens (including phenoxy) is 2. The second-order valence-electron chi connectivity index (χ2n) is 5.20. The van der Waals surface area contributed by atoms with Gasteiger partial charge in [0.2, 0.25) is 5.91 Å². The average molecular weight is 366 g/mol. The van der Waals surface area contributed by atoms with Crippen molar-refractivity contribution in [2.24, 2.45) is 5.92 Å². The minimum absolute atomic E-state index is 0.0852. The molecule has 0 spiro atoms. The highest BCUT2D eigenvalue weighted by molar-refractivity contribution is 7.99. The number of benzene rings is 2. The van der Waals surface area contributed by atoms with E-state index in [1.165, 1.54) is 14.2 Å². The monoisotopic (exact) mass is 365 g/mol. The summed E-state index contributed by atoms with van der Waals surface area (Å²) in [4.78, 5) is 13.6. The highest BCUT2D eigenvalue weighted by atomic mass is 35.5. The number of rotatable bonds is 7. The number of thioether (sulfide) groups is 1. The van der Waals surface area contributed by atoms with Crippen LogP contribution >= 0.6 is 23.4 Å². The summed E-state index contributed by atoms with van der Waals surface area (Å²) in [7, 11) is 3.06. The fourth-order valence-electron chi connectivity index (χ4n) is 2.03. The van der Waals surface area contributed by atoms with Crippen LogP contribution in [0.4, 0.5) is 5.69 Å². The van der Waals surface area contributed by atoms with Crippen molar-refractivity contribution in [3.05, 3.63) is 47.5 Å². The first-order chi connectivity index (χ1) is 11.5. The van der Waals surface area contributed by atoms with Crippen molar-refractivity contribution in [1.82, 2.24) is 0 Å². The van der Waals surface area contributed by atoms with Crippen LogP contribution in [0.3, 0.4) is 0 Å².